The molecule has 0 saturated carbocycles. The van der Waals surface area contributed by atoms with Gasteiger partial charge in [-0.1, -0.05) is 42.5 Å². The van der Waals surface area contributed by atoms with Crippen molar-refractivity contribution in [1.82, 2.24) is 30.2 Å². The lowest BCUT2D eigenvalue weighted by Gasteiger charge is -2.24. The quantitative estimate of drug-likeness (QED) is 0.112. The van der Waals surface area contributed by atoms with E-state index in [4.69, 9.17) is 20.9 Å². The van der Waals surface area contributed by atoms with Gasteiger partial charge in [-0.05, 0) is 61.4 Å². The Kier molecular flexibility index (Phi) is 10.9. The zero-order chi connectivity index (χ0) is 31.8. The molecule has 5 rings (SSSR count). The molecule has 8 N–H and O–H groups in total. The van der Waals surface area contributed by atoms with Crippen LogP contribution in [0.4, 0.5) is 5.82 Å². The molecule has 2 aromatic heterocycles. The standard InChI is InChI=1S/C32H42N8O5/c1-44-23-10-7-20(8-11-23)13-14-36-31(43)24(33)12-9-22(17-35-16-21-5-3-2-4-6-21)15-25-27(41)28(42)32(45-25)40-19-39-26-29(34)37-18-38-30(26)40/h2-8,10-11,18-19,22,24-25,27-28,32,35,41-42H,9,12-17,33H2,1H3,(H,36,43)(H2,34,37,38)/t22-,24-,25+,27?,28?,32+/m0/s1. The number of anilines is 1. The van der Waals surface area contributed by atoms with Crippen molar-refractivity contribution in [2.75, 3.05) is 25.9 Å². The number of rotatable bonds is 15. The summed E-state index contributed by atoms with van der Waals surface area (Å²) in [7, 11) is 1.62. The predicted octanol–water partition coefficient (Wildman–Crippen LogP) is 1.30. The van der Waals surface area contributed by atoms with Crippen LogP contribution in [0.2, 0.25) is 0 Å². The van der Waals surface area contributed by atoms with Crippen LogP contribution in [0.1, 0.15) is 36.6 Å². The number of nitrogens with one attached hydrogen (secondary N) is 2. The fourth-order valence-corrected chi connectivity index (χ4v) is 5.66. The van der Waals surface area contributed by atoms with Crippen molar-refractivity contribution in [2.24, 2.45) is 11.7 Å². The third-order valence-electron chi connectivity index (χ3n) is 8.26. The average molecular weight is 619 g/mol. The molecule has 0 spiro atoms. The fourth-order valence-electron chi connectivity index (χ4n) is 5.66. The van der Waals surface area contributed by atoms with Crippen molar-refractivity contribution < 1.29 is 24.5 Å². The van der Waals surface area contributed by atoms with Crippen molar-refractivity contribution in [3.8, 4) is 5.75 Å². The molecule has 0 bridgehead atoms. The van der Waals surface area contributed by atoms with Crippen molar-refractivity contribution in [3.05, 3.63) is 78.4 Å². The first-order valence-electron chi connectivity index (χ1n) is 15.2. The number of imidazole rings is 1. The summed E-state index contributed by atoms with van der Waals surface area (Å²) in [5, 5.41) is 28.4. The molecule has 1 amide bonds. The van der Waals surface area contributed by atoms with Gasteiger partial charge in [-0.15, -0.1) is 0 Å². The molecule has 0 radical (unpaired) electrons. The first-order valence-corrected chi connectivity index (χ1v) is 15.2. The molecule has 13 nitrogen and oxygen atoms in total. The first-order chi connectivity index (χ1) is 21.8. The second-order valence-electron chi connectivity index (χ2n) is 11.4. The summed E-state index contributed by atoms with van der Waals surface area (Å²) in [5.41, 5.74) is 15.3. The summed E-state index contributed by atoms with van der Waals surface area (Å²) in [6.07, 6.45) is 1.05. The van der Waals surface area contributed by atoms with Gasteiger partial charge in [-0.3, -0.25) is 9.36 Å². The molecule has 2 aromatic carbocycles. The summed E-state index contributed by atoms with van der Waals surface area (Å²) >= 11 is 0. The molecule has 1 aliphatic heterocycles. The van der Waals surface area contributed by atoms with E-state index in [9.17, 15) is 15.0 Å². The molecule has 13 heteroatoms. The van der Waals surface area contributed by atoms with Crippen molar-refractivity contribution in [1.29, 1.82) is 0 Å². The monoisotopic (exact) mass is 618 g/mol. The summed E-state index contributed by atoms with van der Waals surface area (Å²) in [4.78, 5) is 25.3. The first kappa shape index (κ1) is 32.3. The molecule has 2 unspecified atom stereocenters. The van der Waals surface area contributed by atoms with Gasteiger partial charge in [0.2, 0.25) is 5.91 Å². The number of carbonyl (C=O) groups is 1. The maximum atomic E-state index is 12.8. The Morgan fingerprint density at radius 3 is 2.58 bits per heavy atom. The highest BCUT2D eigenvalue weighted by atomic mass is 16.6. The minimum absolute atomic E-state index is 0.00466. The lowest BCUT2D eigenvalue weighted by atomic mass is 9.91. The summed E-state index contributed by atoms with van der Waals surface area (Å²) in [5.74, 6) is 0.789. The number of aromatic nitrogens is 4. The molecule has 240 valence electrons. The number of hydrogen-bond acceptors (Lipinski definition) is 11. The molecular weight excluding hydrogens is 576 g/mol. The molecule has 1 saturated heterocycles. The summed E-state index contributed by atoms with van der Waals surface area (Å²) < 4.78 is 13.0. The van der Waals surface area contributed by atoms with Gasteiger partial charge in [0.25, 0.3) is 0 Å². The van der Waals surface area contributed by atoms with Gasteiger partial charge in [0, 0.05) is 13.1 Å². The minimum atomic E-state index is -1.21. The number of carbonyl (C=O) groups excluding carboxylic acids is 1. The second-order valence-corrected chi connectivity index (χ2v) is 11.4. The molecule has 6 atom stereocenters. The van der Waals surface area contributed by atoms with Crippen LogP contribution in [0.3, 0.4) is 0 Å². The Morgan fingerprint density at radius 2 is 1.82 bits per heavy atom. The lowest BCUT2D eigenvalue weighted by Crippen LogP contribution is -2.42. The predicted molar refractivity (Wildman–Crippen MR) is 169 cm³/mol. The molecule has 45 heavy (non-hydrogen) atoms. The average Bonchev–Trinajstić information content (AvgIpc) is 3.61. The van der Waals surface area contributed by atoms with Gasteiger partial charge in [0.05, 0.1) is 25.6 Å². The molecule has 1 fully saturated rings. The van der Waals surface area contributed by atoms with Gasteiger partial charge in [0.1, 0.15) is 29.8 Å². The number of nitrogens with two attached hydrogens (primary N) is 2. The Labute approximate surface area is 262 Å². The van der Waals surface area contributed by atoms with Gasteiger partial charge < -0.3 is 41.8 Å². The van der Waals surface area contributed by atoms with Gasteiger partial charge in [-0.2, -0.15) is 0 Å². The minimum Gasteiger partial charge on any atom is -0.497 e. The Bertz CT molecular complexity index is 1520. The van der Waals surface area contributed by atoms with E-state index in [1.807, 2.05) is 54.6 Å². The maximum absolute atomic E-state index is 12.8. The SMILES string of the molecule is COc1ccc(CCNC(=O)[C@@H](N)CC[C@H](CNCc2ccccc2)C[C@H]2O[C@@H](n3cnc4c(N)ncnc43)C(O)C2O)cc1. The van der Waals surface area contributed by atoms with Gasteiger partial charge in [-0.25, -0.2) is 15.0 Å². The molecule has 3 heterocycles. The van der Waals surface area contributed by atoms with Crippen LogP contribution >= 0.6 is 0 Å². The van der Waals surface area contributed by atoms with E-state index in [1.165, 1.54) is 12.7 Å². The van der Waals surface area contributed by atoms with Gasteiger partial charge in [0.15, 0.2) is 17.7 Å². The van der Waals surface area contributed by atoms with Crippen molar-refractivity contribution >= 4 is 22.9 Å². The Balaban J connectivity index is 1.18. The summed E-state index contributed by atoms with van der Waals surface area (Å²) in [6, 6.07) is 17.1. The highest BCUT2D eigenvalue weighted by Gasteiger charge is 2.45. The number of aliphatic hydroxyl groups excluding tert-OH is 2. The van der Waals surface area contributed by atoms with E-state index in [0.717, 1.165) is 16.9 Å². The molecular formula is C32H42N8O5. The van der Waals surface area contributed by atoms with Crippen LogP contribution < -0.4 is 26.8 Å². The smallest absolute Gasteiger partial charge is 0.236 e. The van der Waals surface area contributed by atoms with Crippen LogP contribution in [0.15, 0.2) is 67.3 Å². The number of nitrogen functional groups attached to an aromatic ring is 1. The number of nitrogens with zero attached hydrogens (tertiary/aromatic N) is 4. The third-order valence-corrected chi connectivity index (χ3v) is 8.26. The fraction of sp³-hybridized carbons (Fsp3) is 0.438. The number of methoxy groups -OCH3 is 1. The summed E-state index contributed by atoms with van der Waals surface area (Å²) in [6.45, 7) is 1.74. The van der Waals surface area contributed by atoms with Crippen molar-refractivity contribution in [2.45, 2.75) is 62.8 Å². The van der Waals surface area contributed by atoms with Crippen LogP contribution in [0.5, 0.6) is 5.75 Å². The van der Waals surface area contributed by atoms with E-state index in [0.29, 0.717) is 56.5 Å². The largest absolute Gasteiger partial charge is 0.497 e. The lowest BCUT2D eigenvalue weighted by molar-refractivity contribution is -0.122. The van der Waals surface area contributed by atoms with E-state index in [1.54, 1.807) is 11.7 Å². The van der Waals surface area contributed by atoms with Gasteiger partial charge >= 0.3 is 0 Å². The topological polar surface area (TPSA) is 196 Å². The number of hydrogen-bond donors (Lipinski definition) is 6. The van der Waals surface area contributed by atoms with E-state index >= 15 is 0 Å². The number of fused-ring (bicyclic) bond motifs is 1. The number of benzene rings is 2. The van der Waals surface area contributed by atoms with E-state index in [-0.39, 0.29) is 17.6 Å². The van der Waals surface area contributed by atoms with Crippen LogP contribution in [-0.2, 0) is 22.5 Å². The van der Waals surface area contributed by atoms with E-state index < -0.39 is 30.6 Å². The number of aliphatic hydroxyl groups is 2. The molecule has 1 aliphatic rings. The van der Waals surface area contributed by atoms with Crippen LogP contribution in [0, 0.1) is 5.92 Å². The normalized spacial score (nSPS) is 21.1. The maximum Gasteiger partial charge on any atom is 0.236 e. The number of amides is 1. The second kappa shape index (κ2) is 15.2. The Hall–Kier alpha value is -4.14. The van der Waals surface area contributed by atoms with Crippen LogP contribution in [0.25, 0.3) is 11.2 Å². The molecule has 0 aliphatic carbocycles. The highest BCUT2D eigenvalue weighted by Crippen LogP contribution is 2.35. The third kappa shape index (κ3) is 8.12. The highest BCUT2D eigenvalue weighted by molar-refractivity contribution is 5.81. The Morgan fingerprint density at radius 1 is 1.04 bits per heavy atom. The van der Waals surface area contributed by atoms with E-state index in [2.05, 4.69) is 25.6 Å². The van der Waals surface area contributed by atoms with Crippen LogP contribution in [-0.4, -0.2) is 80.2 Å². The number of ether oxygens (including phenoxy) is 2. The van der Waals surface area contributed by atoms with Crippen molar-refractivity contribution in [3.63, 3.8) is 0 Å². The zero-order valence-corrected chi connectivity index (χ0v) is 25.3. The molecule has 4 aromatic rings. The zero-order valence-electron chi connectivity index (χ0n) is 25.3.